The summed E-state index contributed by atoms with van der Waals surface area (Å²) in [6.07, 6.45) is 5.28. The zero-order valence-electron chi connectivity index (χ0n) is 17.1. The van der Waals surface area contributed by atoms with E-state index in [2.05, 4.69) is 5.32 Å². The van der Waals surface area contributed by atoms with Gasteiger partial charge in [-0.15, -0.1) is 11.3 Å². The van der Waals surface area contributed by atoms with E-state index in [-0.39, 0.29) is 18.3 Å². The number of esters is 1. The maximum Gasteiger partial charge on any atom is 0.341 e. The molecule has 0 atom stereocenters. The first kappa shape index (κ1) is 21.2. The monoisotopic (exact) mass is 417 g/mol. The first-order chi connectivity index (χ1) is 14.1. The summed E-state index contributed by atoms with van der Waals surface area (Å²) in [5.74, 6) is 0.656. The largest absolute Gasteiger partial charge is 0.493 e. The first-order valence-corrected chi connectivity index (χ1v) is 10.7. The van der Waals surface area contributed by atoms with E-state index in [1.807, 2.05) is 6.07 Å². The Balaban J connectivity index is 1.82. The lowest BCUT2D eigenvalue weighted by Gasteiger charge is -2.10. The van der Waals surface area contributed by atoms with Crippen LogP contribution in [0.5, 0.6) is 11.5 Å². The lowest BCUT2D eigenvalue weighted by molar-refractivity contribution is -0.115. The summed E-state index contributed by atoms with van der Waals surface area (Å²) >= 11 is 1.50. The third-order valence-electron chi connectivity index (χ3n) is 4.97. The Hall–Kier alpha value is -2.54. The summed E-state index contributed by atoms with van der Waals surface area (Å²) < 4.78 is 15.8. The highest BCUT2D eigenvalue weighted by molar-refractivity contribution is 7.17. The second-order valence-corrected chi connectivity index (χ2v) is 8.01. The quantitative estimate of drug-likeness (QED) is 0.534. The minimum Gasteiger partial charge on any atom is -0.493 e. The molecule has 156 valence electrons. The van der Waals surface area contributed by atoms with E-state index in [1.54, 1.807) is 33.3 Å². The van der Waals surface area contributed by atoms with Crippen molar-refractivity contribution in [1.82, 2.24) is 0 Å². The fourth-order valence-corrected chi connectivity index (χ4v) is 4.89. The summed E-state index contributed by atoms with van der Waals surface area (Å²) in [6, 6.07) is 5.39. The molecule has 0 aliphatic heterocycles. The third-order valence-corrected chi connectivity index (χ3v) is 6.17. The highest BCUT2D eigenvalue weighted by atomic mass is 32.1. The molecule has 1 aliphatic carbocycles. The van der Waals surface area contributed by atoms with Gasteiger partial charge in [-0.2, -0.15) is 0 Å². The maximum atomic E-state index is 12.7. The Kier molecular flexibility index (Phi) is 7.14. The molecule has 0 fully saturated rings. The van der Waals surface area contributed by atoms with Gasteiger partial charge in [0.2, 0.25) is 5.91 Å². The van der Waals surface area contributed by atoms with Crippen molar-refractivity contribution in [3.05, 3.63) is 39.8 Å². The molecule has 0 radical (unpaired) electrons. The van der Waals surface area contributed by atoms with E-state index in [9.17, 15) is 9.59 Å². The molecule has 1 aromatic heterocycles. The van der Waals surface area contributed by atoms with Crippen LogP contribution in [0.1, 0.15) is 52.5 Å². The summed E-state index contributed by atoms with van der Waals surface area (Å²) in [4.78, 5) is 26.5. The number of fused-ring (bicyclic) bond motifs is 1. The number of methoxy groups -OCH3 is 2. The summed E-state index contributed by atoms with van der Waals surface area (Å²) in [6.45, 7) is 2.10. The fourth-order valence-electron chi connectivity index (χ4n) is 3.60. The van der Waals surface area contributed by atoms with E-state index in [0.717, 1.165) is 43.2 Å². The van der Waals surface area contributed by atoms with Crippen LogP contribution in [0.2, 0.25) is 0 Å². The fraction of sp³-hybridized carbons (Fsp3) is 0.455. The van der Waals surface area contributed by atoms with Crippen molar-refractivity contribution in [2.24, 2.45) is 0 Å². The zero-order chi connectivity index (χ0) is 20.8. The molecular formula is C22H27NO5S. The number of hydrogen-bond acceptors (Lipinski definition) is 6. The molecule has 3 rings (SSSR count). The van der Waals surface area contributed by atoms with E-state index in [0.29, 0.717) is 28.7 Å². The lowest BCUT2D eigenvalue weighted by atomic mass is 10.1. The van der Waals surface area contributed by atoms with Crippen molar-refractivity contribution < 1.29 is 23.8 Å². The second kappa shape index (κ2) is 9.78. The zero-order valence-corrected chi connectivity index (χ0v) is 17.9. The van der Waals surface area contributed by atoms with Gasteiger partial charge in [-0.3, -0.25) is 4.79 Å². The molecule has 1 aliphatic rings. The molecule has 0 bridgehead atoms. The normalized spacial score (nSPS) is 13.2. The van der Waals surface area contributed by atoms with Gasteiger partial charge in [0.05, 0.1) is 32.8 Å². The number of hydrogen-bond donors (Lipinski definition) is 1. The standard InChI is InChI=1S/C22H27NO5S/c1-4-28-22(25)20-15-8-6-5-7-9-18(15)29-21(20)23-19(24)13-14-10-11-16(26-2)17(12-14)27-3/h10-12H,4-9,13H2,1-3H3,(H,23,24). The number of anilines is 1. The molecule has 1 heterocycles. The minimum atomic E-state index is -0.353. The number of benzene rings is 1. The smallest absolute Gasteiger partial charge is 0.341 e. The first-order valence-electron chi connectivity index (χ1n) is 9.89. The molecule has 29 heavy (non-hydrogen) atoms. The highest BCUT2D eigenvalue weighted by Crippen LogP contribution is 2.38. The molecule has 6 nitrogen and oxygen atoms in total. The molecular weight excluding hydrogens is 390 g/mol. The van der Waals surface area contributed by atoms with Crippen molar-refractivity contribution >= 4 is 28.2 Å². The Morgan fingerprint density at radius 3 is 2.55 bits per heavy atom. The summed E-state index contributed by atoms with van der Waals surface area (Å²) in [5.41, 5.74) is 2.39. The average molecular weight is 418 g/mol. The van der Waals surface area contributed by atoms with E-state index in [1.165, 1.54) is 16.2 Å². The Labute approximate surface area is 175 Å². The number of carbonyl (C=O) groups is 2. The van der Waals surface area contributed by atoms with Crippen LogP contribution < -0.4 is 14.8 Å². The number of rotatable bonds is 7. The topological polar surface area (TPSA) is 73.9 Å². The van der Waals surface area contributed by atoms with Crippen molar-refractivity contribution in [1.29, 1.82) is 0 Å². The van der Waals surface area contributed by atoms with Gasteiger partial charge in [0.25, 0.3) is 0 Å². The predicted octanol–water partition coefficient (Wildman–Crippen LogP) is 4.39. The van der Waals surface area contributed by atoms with Gasteiger partial charge in [-0.05, 0) is 55.9 Å². The number of thiophene rings is 1. The molecule has 1 amide bonds. The molecule has 7 heteroatoms. The number of carbonyl (C=O) groups excluding carboxylic acids is 2. The number of aryl methyl sites for hydroxylation is 1. The van der Waals surface area contributed by atoms with Crippen LogP contribution in [0, 0.1) is 0 Å². The van der Waals surface area contributed by atoms with Crippen molar-refractivity contribution in [2.45, 2.75) is 45.4 Å². The van der Waals surface area contributed by atoms with Crippen LogP contribution in [0.4, 0.5) is 5.00 Å². The molecule has 1 aromatic carbocycles. The summed E-state index contributed by atoms with van der Waals surface area (Å²) in [5, 5.41) is 3.55. The Bertz CT molecular complexity index is 890. The third kappa shape index (κ3) is 4.90. The molecule has 2 aromatic rings. The SMILES string of the molecule is CCOC(=O)c1c(NC(=O)Cc2ccc(OC)c(OC)c2)sc2c1CCCCC2. The minimum absolute atomic E-state index is 0.172. The van der Waals surface area contributed by atoms with Gasteiger partial charge in [0.1, 0.15) is 5.00 Å². The maximum absolute atomic E-state index is 12.7. The van der Waals surface area contributed by atoms with Crippen LogP contribution in [0.15, 0.2) is 18.2 Å². The molecule has 1 N–H and O–H groups in total. The number of amides is 1. The van der Waals surface area contributed by atoms with Gasteiger partial charge in [-0.1, -0.05) is 12.5 Å². The van der Waals surface area contributed by atoms with Crippen LogP contribution in [0.3, 0.4) is 0 Å². The van der Waals surface area contributed by atoms with Gasteiger partial charge in [0.15, 0.2) is 11.5 Å². The van der Waals surface area contributed by atoms with Crippen LogP contribution in [-0.2, 0) is 28.8 Å². The Morgan fingerprint density at radius 1 is 1.07 bits per heavy atom. The molecule has 0 unspecified atom stereocenters. The van der Waals surface area contributed by atoms with E-state index >= 15 is 0 Å². The molecule has 0 saturated heterocycles. The lowest BCUT2D eigenvalue weighted by Crippen LogP contribution is -2.17. The van der Waals surface area contributed by atoms with Crippen molar-refractivity contribution in [2.75, 3.05) is 26.1 Å². The molecule has 0 saturated carbocycles. The number of nitrogens with one attached hydrogen (secondary N) is 1. The van der Waals surface area contributed by atoms with Gasteiger partial charge in [0, 0.05) is 4.88 Å². The predicted molar refractivity (Wildman–Crippen MR) is 113 cm³/mol. The highest BCUT2D eigenvalue weighted by Gasteiger charge is 2.26. The van der Waals surface area contributed by atoms with E-state index in [4.69, 9.17) is 14.2 Å². The summed E-state index contributed by atoms with van der Waals surface area (Å²) in [7, 11) is 3.13. The van der Waals surface area contributed by atoms with Gasteiger partial charge >= 0.3 is 5.97 Å². The van der Waals surface area contributed by atoms with Crippen molar-refractivity contribution in [3.8, 4) is 11.5 Å². The number of ether oxygens (including phenoxy) is 3. The van der Waals surface area contributed by atoms with Crippen LogP contribution >= 0.6 is 11.3 Å². The van der Waals surface area contributed by atoms with E-state index < -0.39 is 0 Å². The van der Waals surface area contributed by atoms with Gasteiger partial charge < -0.3 is 19.5 Å². The van der Waals surface area contributed by atoms with Crippen molar-refractivity contribution in [3.63, 3.8) is 0 Å². The van der Waals surface area contributed by atoms with Crippen LogP contribution in [-0.4, -0.2) is 32.7 Å². The second-order valence-electron chi connectivity index (χ2n) is 6.90. The molecule has 0 spiro atoms. The Morgan fingerprint density at radius 2 is 1.83 bits per heavy atom. The van der Waals surface area contributed by atoms with Gasteiger partial charge in [-0.25, -0.2) is 4.79 Å². The van der Waals surface area contributed by atoms with Crippen LogP contribution in [0.25, 0.3) is 0 Å². The average Bonchev–Trinajstić information content (AvgIpc) is 2.88.